The molecule has 3 N–H and O–H groups in total. The number of aliphatic carboxylic acids is 1. The normalized spacial score (nSPS) is 16.2. The zero-order valence-corrected chi connectivity index (χ0v) is 12.2. The molecule has 0 heterocycles. The molecule has 116 valence electrons. The fourth-order valence-electron chi connectivity index (χ4n) is 2.25. The topological polar surface area (TPSA) is 87.7 Å². The highest BCUT2D eigenvalue weighted by Gasteiger charge is 2.40. The lowest BCUT2D eigenvalue weighted by atomic mass is 9.74. The van der Waals surface area contributed by atoms with Crippen molar-refractivity contribution in [3.05, 3.63) is 0 Å². The minimum Gasteiger partial charge on any atom is -0.481 e. The van der Waals surface area contributed by atoms with E-state index in [0.717, 1.165) is 45.1 Å². The predicted molar refractivity (Wildman–Crippen MR) is 75.7 cm³/mol. The van der Waals surface area contributed by atoms with Crippen LogP contribution in [0.25, 0.3) is 0 Å². The van der Waals surface area contributed by atoms with Gasteiger partial charge in [0.25, 0.3) is 0 Å². The van der Waals surface area contributed by atoms with Crippen molar-refractivity contribution in [3.63, 3.8) is 0 Å². The highest BCUT2D eigenvalue weighted by atomic mass is 16.5. The number of nitrogens with one attached hydrogen (secondary N) is 2. The predicted octanol–water partition coefficient (Wildman–Crippen LogP) is 1.89. The maximum absolute atomic E-state index is 11.7. The zero-order valence-electron chi connectivity index (χ0n) is 12.2. The second kappa shape index (κ2) is 8.79. The molecule has 1 aliphatic carbocycles. The van der Waals surface area contributed by atoms with Crippen molar-refractivity contribution in [2.75, 3.05) is 19.8 Å². The van der Waals surface area contributed by atoms with Crippen LogP contribution in [0.1, 0.15) is 51.9 Å². The summed E-state index contributed by atoms with van der Waals surface area (Å²) in [6, 6.07) is -0.278. The van der Waals surface area contributed by atoms with Crippen LogP contribution in [0.3, 0.4) is 0 Å². The molecule has 0 atom stereocenters. The molecule has 2 amide bonds. The molecule has 1 rings (SSSR count). The van der Waals surface area contributed by atoms with Gasteiger partial charge in [0, 0.05) is 19.8 Å². The quantitative estimate of drug-likeness (QED) is 0.535. The van der Waals surface area contributed by atoms with Gasteiger partial charge in [0.1, 0.15) is 0 Å². The van der Waals surface area contributed by atoms with E-state index in [9.17, 15) is 9.59 Å². The molecule has 0 aliphatic heterocycles. The first-order valence-electron chi connectivity index (χ1n) is 7.43. The molecule has 1 saturated carbocycles. The number of carbonyl (C=O) groups excluding carboxylic acids is 1. The fraction of sp³-hybridized carbons (Fsp3) is 0.857. The molecule has 6 nitrogen and oxygen atoms in total. The summed E-state index contributed by atoms with van der Waals surface area (Å²) in [4.78, 5) is 22.5. The lowest BCUT2D eigenvalue weighted by Gasteiger charge is -2.41. The van der Waals surface area contributed by atoms with Gasteiger partial charge in [-0.2, -0.15) is 0 Å². The number of ether oxygens (including phenoxy) is 1. The van der Waals surface area contributed by atoms with Crippen LogP contribution in [0.5, 0.6) is 0 Å². The molecular formula is C14H26N2O4. The van der Waals surface area contributed by atoms with E-state index in [0.29, 0.717) is 13.2 Å². The molecule has 0 unspecified atom stereocenters. The number of hydrogen-bond acceptors (Lipinski definition) is 3. The number of hydrogen-bond donors (Lipinski definition) is 3. The number of urea groups is 1. The number of unbranched alkanes of at least 4 members (excludes halogenated alkanes) is 1. The van der Waals surface area contributed by atoms with Crippen LogP contribution in [0, 0.1) is 0 Å². The molecule has 1 aliphatic rings. The molecule has 0 bridgehead atoms. The van der Waals surface area contributed by atoms with E-state index in [4.69, 9.17) is 9.84 Å². The number of carboxylic acids is 1. The van der Waals surface area contributed by atoms with Crippen molar-refractivity contribution in [3.8, 4) is 0 Å². The zero-order chi connectivity index (χ0) is 14.8. The van der Waals surface area contributed by atoms with E-state index >= 15 is 0 Å². The average molecular weight is 286 g/mol. The van der Waals surface area contributed by atoms with E-state index < -0.39 is 11.5 Å². The molecule has 6 heteroatoms. The number of carbonyl (C=O) groups is 2. The van der Waals surface area contributed by atoms with E-state index in [2.05, 4.69) is 17.6 Å². The Kier molecular flexibility index (Phi) is 7.36. The van der Waals surface area contributed by atoms with Crippen molar-refractivity contribution >= 4 is 12.0 Å². The van der Waals surface area contributed by atoms with Gasteiger partial charge in [0.05, 0.1) is 12.0 Å². The van der Waals surface area contributed by atoms with E-state index in [1.807, 2.05) is 0 Å². The van der Waals surface area contributed by atoms with Gasteiger partial charge in [-0.15, -0.1) is 0 Å². The van der Waals surface area contributed by atoms with Crippen molar-refractivity contribution in [2.45, 2.75) is 57.4 Å². The minimum atomic E-state index is -0.866. The van der Waals surface area contributed by atoms with Crippen LogP contribution in [0.15, 0.2) is 0 Å². The average Bonchev–Trinajstić information content (AvgIpc) is 2.34. The first kappa shape index (κ1) is 16.8. The van der Waals surface area contributed by atoms with Crippen molar-refractivity contribution in [1.29, 1.82) is 0 Å². The Morgan fingerprint density at radius 3 is 2.50 bits per heavy atom. The third-order valence-electron chi connectivity index (χ3n) is 3.57. The summed E-state index contributed by atoms with van der Waals surface area (Å²) in [5.41, 5.74) is -0.534. The van der Waals surface area contributed by atoms with Gasteiger partial charge in [-0.1, -0.05) is 13.3 Å². The van der Waals surface area contributed by atoms with E-state index in [1.54, 1.807) is 0 Å². The summed E-state index contributed by atoms with van der Waals surface area (Å²) in [5, 5.41) is 14.4. The second-order valence-electron chi connectivity index (χ2n) is 5.40. The van der Waals surface area contributed by atoms with Crippen LogP contribution in [0.4, 0.5) is 4.79 Å². The summed E-state index contributed by atoms with van der Waals surface area (Å²) >= 11 is 0. The van der Waals surface area contributed by atoms with Crippen molar-refractivity contribution < 1.29 is 19.4 Å². The Bertz CT molecular complexity index is 316. The Morgan fingerprint density at radius 1 is 1.25 bits per heavy atom. The number of amides is 2. The monoisotopic (exact) mass is 286 g/mol. The molecule has 20 heavy (non-hydrogen) atoms. The smallest absolute Gasteiger partial charge is 0.315 e. The maximum Gasteiger partial charge on any atom is 0.315 e. The highest BCUT2D eigenvalue weighted by molar-refractivity contribution is 5.77. The van der Waals surface area contributed by atoms with Crippen LogP contribution in [-0.4, -0.2) is 42.4 Å². The van der Waals surface area contributed by atoms with Crippen LogP contribution in [0.2, 0.25) is 0 Å². The molecule has 0 aromatic carbocycles. The Hall–Kier alpha value is -1.30. The van der Waals surface area contributed by atoms with Gasteiger partial charge in [-0.3, -0.25) is 4.79 Å². The lowest BCUT2D eigenvalue weighted by Crippen LogP contribution is -2.57. The van der Waals surface area contributed by atoms with Gasteiger partial charge in [-0.05, 0) is 32.1 Å². The van der Waals surface area contributed by atoms with Gasteiger partial charge >= 0.3 is 12.0 Å². The SMILES string of the molecule is CCCCOCCCNC(=O)NC1(CC(=O)O)CCC1. The number of carboxylic acid groups (broad SMARTS) is 1. The Labute approximate surface area is 120 Å². The van der Waals surface area contributed by atoms with Gasteiger partial charge in [0.2, 0.25) is 0 Å². The van der Waals surface area contributed by atoms with Crippen molar-refractivity contribution in [2.24, 2.45) is 0 Å². The molecule has 0 aromatic rings. The first-order valence-corrected chi connectivity index (χ1v) is 7.43. The highest BCUT2D eigenvalue weighted by Crippen LogP contribution is 2.34. The van der Waals surface area contributed by atoms with E-state index in [1.165, 1.54) is 0 Å². The third-order valence-corrected chi connectivity index (χ3v) is 3.57. The molecule has 0 spiro atoms. The van der Waals surface area contributed by atoms with Gasteiger partial charge < -0.3 is 20.5 Å². The summed E-state index contributed by atoms with van der Waals surface area (Å²) in [6.07, 6.45) is 5.40. The first-order chi connectivity index (χ1) is 9.58. The van der Waals surface area contributed by atoms with Crippen LogP contribution < -0.4 is 10.6 Å². The summed E-state index contributed by atoms with van der Waals surface area (Å²) < 4.78 is 5.39. The molecule has 0 aromatic heterocycles. The lowest BCUT2D eigenvalue weighted by molar-refractivity contribution is -0.139. The molecule has 1 fully saturated rings. The minimum absolute atomic E-state index is 0.000545. The van der Waals surface area contributed by atoms with Crippen LogP contribution in [-0.2, 0) is 9.53 Å². The summed E-state index contributed by atoms with van der Waals surface area (Å²) in [5.74, 6) is -0.866. The van der Waals surface area contributed by atoms with Crippen molar-refractivity contribution in [1.82, 2.24) is 10.6 Å². The largest absolute Gasteiger partial charge is 0.481 e. The van der Waals surface area contributed by atoms with Gasteiger partial charge in [0.15, 0.2) is 0 Å². The Balaban J connectivity index is 2.09. The molecule has 0 saturated heterocycles. The molecular weight excluding hydrogens is 260 g/mol. The van der Waals surface area contributed by atoms with Gasteiger partial charge in [-0.25, -0.2) is 4.79 Å². The standard InChI is InChI=1S/C14H26N2O4/c1-2-3-9-20-10-5-8-15-13(19)16-14(6-4-7-14)11-12(17)18/h2-11H2,1H3,(H,17,18)(H2,15,16,19). The third kappa shape index (κ3) is 6.23. The van der Waals surface area contributed by atoms with Crippen LogP contribution >= 0.6 is 0 Å². The summed E-state index contributed by atoms with van der Waals surface area (Å²) in [6.45, 7) is 4.06. The maximum atomic E-state index is 11.7. The number of rotatable bonds is 10. The fourth-order valence-corrected chi connectivity index (χ4v) is 2.25. The molecule has 0 radical (unpaired) electrons. The van der Waals surface area contributed by atoms with E-state index in [-0.39, 0.29) is 12.5 Å². The Morgan fingerprint density at radius 2 is 1.95 bits per heavy atom. The second-order valence-corrected chi connectivity index (χ2v) is 5.40. The summed E-state index contributed by atoms with van der Waals surface area (Å²) in [7, 11) is 0.